The molecule has 3 aliphatic rings. The fourth-order valence-electron chi connectivity index (χ4n) is 8.19. The van der Waals surface area contributed by atoms with E-state index in [1.165, 1.54) is 28.2 Å². The Kier molecular flexibility index (Phi) is 8.20. The van der Waals surface area contributed by atoms with Crippen molar-refractivity contribution < 1.29 is 24.2 Å². The molecule has 3 aromatic carbocycles. The van der Waals surface area contributed by atoms with Crippen LogP contribution < -0.4 is 26.4 Å². The molecule has 4 heterocycles. The zero-order valence-electron chi connectivity index (χ0n) is 28.5. The second-order valence-corrected chi connectivity index (χ2v) is 15.0. The van der Waals surface area contributed by atoms with Gasteiger partial charge in [0.05, 0.1) is 43.3 Å². The van der Waals surface area contributed by atoms with Crippen molar-refractivity contribution in [2.24, 2.45) is 7.05 Å². The number of phenolic OH excluding ortho intramolecular Hbond substituents is 1. The molecule has 2 aromatic heterocycles. The average Bonchev–Trinajstić information content (AvgIpc) is 3.49. The fourth-order valence-corrected chi connectivity index (χ4v) is 9.59. The van der Waals surface area contributed by atoms with Crippen LogP contribution in [0.15, 0.2) is 74.6 Å². The number of amides is 2. The number of alkyl halides is 3. The van der Waals surface area contributed by atoms with Gasteiger partial charge in [-0.25, -0.2) is 28.5 Å². The first-order chi connectivity index (χ1) is 25.3. The van der Waals surface area contributed by atoms with Gasteiger partial charge in [-0.2, -0.15) is 0 Å². The molecule has 0 radical (unpaired) electrons. The summed E-state index contributed by atoms with van der Waals surface area (Å²) in [5, 5.41) is 12.9. The molecule has 2 amide bonds. The zero-order valence-corrected chi connectivity index (χ0v) is 31.6. The maximum absolute atomic E-state index is 14.3. The lowest BCUT2D eigenvalue weighted by Crippen LogP contribution is -2.59. The van der Waals surface area contributed by atoms with E-state index in [1.807, 2.05) is 12.1 Å². The molecule has 1 N–H and O–H groups in total. The minimum absolute atomic E-state index is 0.0634. The highest BCUT2D eigenvalue weighted by Crippen LogP contribution is 2.64. The molecule has 1 saturated heterocycles. The number of carbonyl (C=O) groups excluding carboxylic acids is 2. The average molecular weight is 826 g/mol. The third-order valence-corrected chi connectivity index (χ3v) is 12.7. The van der Waals surface area contributed by atoms with Crippen LogP contribution in [0.1, 0.15) is 29.6 Å². The lowest BCUT2D eigenvalue weighted by Gasteiger charge is -2.49. The number of rotatable bonds is 7. The highest BCUT2D eigenvalue weighted by atomic mass is 79.9. The number of imide groups is 1. The third kappa shape index (κ3) is 4.69. The van der Waals surface area contributed by atoms with Gasteiger partial charge in [0.1, 0.15) is 11.4 Å². The van der Waals surface area contributed by atoms with Crippen LogP contribution in [0.5, 0.6) is 17.2 Å². The van der Waals surface area contributed by atoms with Crippen molar-refractivity contribution in [1.29, 1.82) is 0 Å². The zero-order chi connectivity index (χ0) is 37.7. The van der Waals surface area contributed by atoms with Gasteiger partial charge in [0.25, 0.3) is 17.4 Å². The standard InChI is InChI=1S/C36H31BrCl2N6O8/c1-41-24-15-27(53-3)26(52-2)14-23(24)40-22(30(41)47)11-12-42-33(50)44-13-10-20-25(45(44)34(42)51)16-35(38)31(48)43(17-37)32(49)36(35,39)28(20)21-9-8-18-6-4-5-7-19(18)29(21)46/h4-10,14-15,25,28,46H,11-13,16-17H2,1-3H3. The minimum Gasteiger partial charge on any atom is -0.507 e. The summed E-state index contributed by atoms with van der Waals surface area (Å²) in [5.74, 6) is -2.01. The minimum atomic E-state index is -2.09. The monoisotopic (exact) mass is 824 g/mol. The number of fused-ring (bicyclic) bond motifs is 6. The number of nitrogens with zero attached hydrogens (tertiary/aromatic N) is 6. The lowest BCUT2D eigenvalue weighted by molar-refractivity contribution is -0.138. The Balaban J connectivity index is 1.24. The molecule has 4 atom stereocenters. The van der Waals surface area contributed by atoms with Crippen LogP contribution in [-0.4, -0.2) is 74.7 Å². The first-order valence-electron chi connectivity index (χ1n) is 16.6. The molecule has 17 heteroatoms. The first-order valence-corrected chi connectivity index (χ1v) is 18.4. The largest absolute Gasteiger partial charge is 0.507 e. The van der Waals surface area contributed by atoms with E-state index in [-0.39, 0.29) is 48.4 Å². The Morgan fingerprint density at radius 3 is 2.42 bits per heavy atom. The number of ether oxygens (including phenoxy) is 2. The number of allylic oxidation sites excluding steroid dienone is 2. The molecule has 0 bridgehead atoms. The summed E-state index contributed by atoms with van der Waals surface area (Å²) in [7, 11) is 4.56. The molecule has 8 rings (SSSR count). The van der Waals surface area contributed by atoms with Crippen LogP contribution in [0, 0.1) is 0 Å². The molecule has 53 heavy (non-hydrogen) atoms. The second-order valence-electron chi connectivity index (χ2n) is 13.3. The summed E-state index contributed by atoms with van der Waals surface area (Å²) in [6.07, 6.45) is 1.34. The van der Waals surface area contributed by atoms with Crippen LogP contribution in [0.3, 0.4) is 0 Å². The number of hydrogen-bond acceptors (Lipinski definition) is 9. The molecule has 1 saturated carbocycles. The summed E-state index contributed by atoms with van der Waals surface area (Å²) < 4.78 is 15.7. The number of benzene rings is 3. The van der Waals surface area contributed by atoms with Crippen molar-refractivity contribution in [2.75, 3.05) is 19.7 Å². The van der Waals surface area contributed by atoms with Gasteiger partial charge in [0, 0.05) is 55.4 Å². The summed E-state index contributed by atoms with van der Waals surface area (Å²) in [6, 6.07) is 12.8. The van der Waals surface area contributed by atoms with E-state index in [0.717, 1.165) is 14.9 Å². The van der Waals surface area contributed by atoms with Crippen LogP contribution in [0.2, 0.25) is 0 Å². The lowest BCUT2D eigenvalue weighted by atomic mass is 9.64. The Bertz CT molecular complexity index is 2650. The molecule has 2 aliphatic heterocycles. The van der Waals surface area contributed by atoms with Crippen molar-refractivity contribution in [3.05, 3.63) is 103 Å². The Hall–Kier alpha value is -4.86. The van der Waals surface area contributed by atoms with E-state index in [2.05, 4.69) is 20.9 Å². The van der Waals surface area contributed by atoms with Crippen molar-refractivity contribution in [3.63, 3.8) is 0 Å². The van der Waals surface area contributed by atoms with Crippen LogP contribution in [-0.2, 0) is 36.1 Å². The maximum atomic E-state index is 14.3. The summed E-state index contributed by atoms with van der Waals surface area (Å²) in [6.45, 7) is -0.273. The predicted octanol–water partition coefficient (Wildman–Crippen LogP) is 3.52. The molecule has 4 unspecified atom stereocenters. The van der Waals surface area contributed by atoms with E-state index in [9.17, 15) is 29.1 Å². The SMILES string of the molecule is COc1cc2nc(CCn3c(=O)n4n(c3=O)C3CC5(Cl)C(=O)N(CBr)C(=O)C5(Cl)C(c5ccc6ccccc6c5O)C3=CC4)c(=O)n(C)c2cc1OC. The second kappa shape index (κ2) is 12.4. The highest BCUT2D eigenvalue weighted by molar-refractivity contribution is 9.09. The van der Waals surface area contributed by atoms with Gasteiger partial charge in [-0.1, -0.05) is 58.4 Å². The normalized spacial score (nSPS) is 23.6. The predicted molar refractivity (Wildman–Crippen MR) is 200 cm³/mol. The molecular formula is C36H31BrCl2N6O8. The van der Waals surface area contributed by atoms with Crippen molar-refractivity contribution >= 4 is 72.8 Å². The quantitative estimate of drug-likeness (QED) is 0.112. The number of aryl methyl sites for hydroxylation is 2. The van der Waals surface area contributed by atoms with Gasteiger partial charge in [-0.05, 0) is 11.0 Å². The van der Waals surface area contributed by atoms with Crippen LogP contribution >= 0.6 is 39.1 Å². The number of phenols is 1. The Labute approximate surface area is 318 Å². The Morgan fingerprint density at radius 2 is 1.70 bits per heavy atom. The van der Waals surface area contributed by atoms with Gasteiger partial charge in [-0.15, -0.1) is 23.2 Å². The van der Waals surface area contributed by atoms with E-state index >= 15 is 0 Å². The third-order valence-electron chi connectivity index (χ3n) is 10.8. The van der Waals surface area contributed by atoms with Crippen molar-refractivity contribution in [3.8, 4) is 17.2 Å². The van der Waals surface area contributed by atoms with E-state index in [1.54, 1.807) is 49.5 Å². The van der Waals surface area contributed by atoms with Gasteiger partial charge >= 0.3 is 11.4 Å². The fraction of sp³-hybridized carbons (Fsp3) is 0.333. The molecule has 0 spiro atoms. The van der Waals surface area contributed by atoms with Crippen LogP contribution in [0.25, 0.3) is 21.8 Å². The smallest absolute Gasteiger partial charge is 0.347 e. The van der Waals surface area contributed by atoms with E-state index < -0.39 is 50.5 Å². The molecule has 5 aromatic rings. The number of likely N-dealkylation sites (tertiary alicyclic amines) is 1. The molecule has 274 valence electrons. The highest BCUT2D eigenvalue weighted by Gasteiger charge is 2.75. The molecule has 14 nitrogen and oxygen atoms in total. The molecule has 2 fully saturated rings. The topological polar surface area (TPSA) is 160 Å². The van der Waals surface area contributed by atoms with Gasteiger partial charge in [-0.3, -0.25) is 19.3 Å². The number of aromatic nitrogens is 5. The maximum Gasteiger partial charge on any atom is 0.347 e. The van der Waals surface area contributed by atoms with E-state index in [4.69, 9.17) is 32.7 Å². The molecule has 1 aliphatic carbocycles. The van der Waals surface area contributed by atoms with E-state index in [0.29, 0.717) is 33.5 Å². The number of methoxy groups -OCH3 is 2. The van der Waals surface area contributed by atoms with Gasteiger partial charge < -0.3 is 19.1 Å². The van der Waals surface area contributed by atoms with Gasteiger partial charge in [0.15, 0.2) is 21.2 Å². The summed E-state index contributed by atoms with van der Waals surface area (Å²) >= 11 is 17.8. The summed E-state index contributed by atoms with van der Waals surface area (Å²) in [4.78, 5) is 71.0. The summed E-state index contributed by atoms with van der Waals surface area (Å²) in [5.41, 5.74) is -0.205. The Morgan fingerprint density at radius 1 is 0.981 bits per heavy atom. The van der Waals surface area contributed by atoms with Crippen LogP contribution in [0.4, 0.5) is 0 Å². The number of hydrogen-bond donors (Lipinski definition) is 1. The number of halogens is 3. The number of aromatic hydroxyl groups is 1. The molecular weight excluding hydrogens is 795 g/mol. The van der Waals surface area contributed by atoms with Gasteiger partial charge in [0.2, 0.25) is 0 Å². The number of carbonyl (C=O) groups is 2. The van der Waals surface area contributed by atoms with Crippen molar-refractivity contribution in [2.45, 2.75) is 47.6 Å². The van der Waals surface area contributed by atoms with Crippen molar-refractivity contribution in [1.82, 2.24) is 28.4 Å². The first kappa shape index (κ1) is 35.2.